The van der Waals surface area contributed by atoms with E-state index in [1.165, 1.54) is 11.1 Å². The predicted octanol–water partition coefficient (Wildman–Crippen LogP) is 6.16. The zero-order valence-electron chi connectivity index (χ0n) is 14.8. The van der Waals surface area contributed by atoms with Crippen LogP contribution in [0, 0.1) is 5.92 Å². The summed E-state index contributed by atoms with van der Waals surface area (Å²) in [7, 11) is 0. The Hall–Kier alpha value is -2.49. The van der Waals surface area contributed by atoms with Crippen LogP contribution in [0.15, 0.2) is 60.7 Å². The highest BCUT2D eigenvalue weighted by Crippen LogP contribution is 2.54. The number of hydrogen-bond donors (Lipinski definition) is 2. The molecule has 0 radical (unpaired) electrons. The standard InChI is InChI=1S/C23H17Cl2NO2/c24-18-7-5-13(11-19(18)25)22-17-9-12-3-1-2-4-15(12)21(17)16-10-14(23(27)28)6-8-20(16)26-22/h1-8,10-11,17,21-22,26H,9H2,(H,27,28)/t17-,21+,22-/m1/s1. The molecule has 140 valence electrons. The van der Waals surface area contributed by atoms with E-state index in [9.17, 15) is 9.90 Å². The fourth-order valence-electron chi connectivity index (χ4n) is 4.73. The van der Waals surface area contributed by atoms with Crippen LogP contribution >= 0.6 is 23.2 Å². The van der Waals surface area contributed by atoms with Crippen LogP contribution in [0.25, 0.3) is 0 Å². The number of nitrogens with one attached hydrogen (secondary N) is 1. The van der Waals surface area contributed by atoms with E-state index in [-0.39, 0.29) is 17.9 Å². The summed E-state index contributed by atoms with van der Waals surface area (Å²) in [5.74, 6) is -0.491. The maximum Gasteiger partial charge on any atom is 0.335 e. The van der Waals surface area contributed by atoms with Crippen molar-refractivity contribution in [3.63, 3.8) is 0 Å². The van der Waals surface area contributed by atoms with E-state index in [2.05, 4.69) is 29.6 Å². The molecule has 2 aliphatic rings. The van der Waals surface area contributed by atoms with Crippen LogP contribution in [0.4, 0.5) is 5.69 Å². The number of anilines is 1. The molecule has 0 unspecified atom stereocenters. The normalized spacial score (nSPS) is 22.0. The van der Waals surface area contributed by atoms with Gasteiger partial charge in [0, 0.05) is 11.6 Å². The number of carbonyl (C=O) groups is 1. The number of aromatic carboxylic acids is 1. The lowest BCUT2D eigenvalue weighted by Crippen LogP contribution is -2.30. The SMILES string of the molecule is O=C(O)c1ccc2c(c1)[C@@H]1c3ccccc3C[C@H]1[C@@H](c1ccc(Cl)c(Cl)c1)N2. The van der Waals surface area contributed by atoms with Crippen molar-refractivity contribution in [3.05, 3.63) is 98.5 Å². The summed E-state index contributed by atoms with van der Waals surface area (Å²) in [5.41, 5.74) is 6.02. The zero-order chi connectivity index (χ0) is 19.4. The molecule has 1 heterocycles. The molecule has 1 aliphatic heterocycles. The van der Waals surface area contributed by atoms with Gasteiger partial charge in [0.15, 0.2) is 0 Å². The second kappa shape index (κ2) is 6.54. The van der Waals surface area contributed by atoms with Gasteiger partial charge in [0.05, 0.1) is 21.7 Å². The highest BCUT2D eigenvalue weighted by Gasteiger charge is 2.43. The van der Waals surface area contributed by atoms with Gasteiger partial charge in [-0.1, -0.05) is 53.5 Å². The first kappa shape index (κ1) is 17.6. The molecular formula is C23H17Cl2NO2. The molecule has 0 aromatic heterocycles. The number of fused-ring (bicyclic) bond motifs is 5. The Morgan fingerprint density at radius 1 is 0.964 bits per heavy atom. The molecule has 0 amide bonds. The molecule has 3 nitrogen and oxygen atoms in total. The monoisotopic (exact) mass is 409 g/mol. The van der Waals surface area contributed by atoms with Gasteiger partial charge in [0.25, 0.3) is 0 Å². The third kappa shape index (κ3) is 2.69. The van der Waals surface area contributed by atoms with Crippen molar-refractivity contribution in [1.82, 2.24) is 0 Å². The summed E-state index contributed by atoms with van der Waals surface area (Å²) in [5, 5.41) is 14.2. The number of carboxylic acid groups (broad SMARTS) is 1. The first-order valence-electron chi connectivity index (χ1n) is 9.19. The van der Waals surface area contributed by atoms with Gasteiger partial charge in [-0.3, -0.25) is 0 Å². The van der Waals surface area contributed by atoms with E-state index in [1.54, 1.807) is 6.07 Å². The van der Waals surface area contributed by atoms with Crippen molar-refractivity contribution in [2.45, 2.75) is 18.4 Å². The fourth-order valence-corrected chi connectivity index (χ4v) is 5.04. The Morgan fingerprint density at radius 3 is 2.57 bits per heavy atom. The summed E-state index contributed by atoms with van der Waals surface area (Å²) in [6, 6.07) is 19.6. The molecule has 3 aromatic rings. The first-order valence-corrected chi connectivity index (χ1v) is 9.95. The van der Waals surface area contributed by atoms with E-state index in [0.29, 0.717) is 15.6 Å². The summed E-state index contributed by atoms with van der Waals surface area (Å²) >= 11 is 12.4. The number of carboxylic acids is 1. The first-order chi connectivity index (χ1) is 13.5. The topological polar surface area (TPSA) is 49.3 Å². The molecule has 2 N–H and O–H groups in total. The Kier molecular flexibility index (Phi) is 4.11. The second-order valence-electron chi connectivity index (χ2n) is 7.45. The molecule has 0 bridgehead atoms. The van der Waals surface area contributed by atoms with E-state index >= 15 is 0 Å². The van der Waals surface area contributed by atoms with Crippen molar-refractivity contribution >= 4 is 34.9 Å². The molecule has 0 saturated heterocycles. The van der Waals surface area contributed by atoms with Crippen molar-refractivity contribution < 1.29 is 9.90 Å². The maximum absolute atomic E-state index is 11.5. The maximum atomic E-state index is 11.5. The van der Waals surface area contributed by atoms with Crippen LogP contribution < -0.4 is 5.32 Å². The molecule has 0 saturated carbocycles. The van der Waals surface area contributed by atoms with E-state index in [4.69, 9.17) is 23.2 Å². The van der Waals surface area contributed by atoms with Crippen LogP contribution in [0.3, 0.4) is 0 Å². The number of hydrogen-bond acceptors (Lipinski definition) is 2. The van der Waals surface area contributed by atoms with Crippen LogP contribution in [0.2, 0.25) is 10.0 Å². The highest BCUT2D eigenvalue weighted by molar-refractivity contribution is 6.42. The summed E-state index contributed by atoms with van der Waals surface area (Å²) < 4.78 is 0. The average Bonchev–Trinajstić information content (AvgIpc) is 3.09. The molecule has 5 heteroatoms. The minimum Gasteiger partial charge on any atom is -0.478 e. The van der Waals surface area contributed by atoms with Gasteiger partial charge in [-0.15, -0.1) is 0 Å². The van der Waals surface area contributed by atoms with Crippen molar-refractivity contribution in [1.29, 1.82) is 0 Å². The van der Waals surface area contributed by atoms with Gasteiger partial charge in [-0.25, -0.2) is 4.79 Å². The fraction of sp³-hybridized carbons (Fsp3) is 0.174. The van der Waals surface area contributed by atoms with E-state index in [0.717, 1.165) is 23.2 Å². The van der Waals surface area contributed by atoms with E-state index < -0.39 is 5.97 Å². The quantitative estimate of drug-likeness (QED) is 0.532. The summed E-state index contributed by atoms with van der Waals surface area (Å²) in [6.07, 6.45) is 0.926. The Balaban J connectivity index is 1.68. The number of benzene rings is 3. The summed E-state index contributed by atoms with van der Waals surface area (Å²) in [4.78, 5) is 11.5. The number of halogens is 2. The third-order valence-corrected chi connectivity index (χ3v) is 6.69. The van der Waals surface area contributed by atoms with Gasteiger partial charge in [0.1, 0.15) is 0 Å². The Bertz CT molecular complexity index is 1110. The number of rotatable bonds is 2. The van der Waals surface area contributed by atoms with Crippen molar-refractivity contribution in [2.75, 3.05) is 5.32 Å². The lowest BCUT2D eigenvalue weighted by molar-refractivity contribution is 0.0696. The molecule has 5 rings (SSSR count). The van der Waals surface area contributed by atoms with E-state index in [1.807, 2.05) is 30.3 Å². The minimum atomic E-state index is -0.905. The van der Waals surface area contributed by atoms with Crippen LogP contribution in [0.1, 0.15) is 44.6 Å². The molecule has 0 fully saturated rings. The van der Waals surface area contributed by atoms with Crippen molar-refractivity contribution in [3.8, 4) is 0 Å². The predicted molar refractivity (Wildman–Crippen MR) is 112 cm³/mol. The summed E-state index contributed by atoms with van der Waals surface area (Å²) in [6.45, 7) is 0. The second-order valence-corrected chi connectivity index (χ2v) is 8.26. The lowest BCUT2D eigenvalue weighted by atomic mass is 9.75. The molecule has 3 aromatic carbocycles. The largest absolute Gasteiger partial charge is 0.478 e. The molecule has 3 atom stereocenters. The third-order valence-electron chi connectivity index (χ3n) is 5.95. The smallest absolute Gasteiger partial charge is 0.335 e. The van der Waals surface area contributed by atoms with Crippen LogP contribution in [0.5, 0.6) is 0 Å². The Labute approximate surface area is 172 Å². The van der Waals surface area contributed by atoms with Gasteiger partial charge in [-0.05, 0) is 64.9 Å². The van der Waals surface area contributed by atoms with Crippen LogP contribution in [-0.2, 0) is 6.42 Å². The molecule has 1 aliphatic carbocycles. The molecule has 0 spiro atoms. The molecular weight excluding hydrogens is 393 g/mol. The van der Waals surface area contributed by atoms with Gasteiger partial charge < -0.3 is 10.4 Å². The zero-order valence-corrected chi connectivity index (χ0v) is 16.3. The van der Waals surface area contributed by atoms with Gasteiger partial charge >= 0.3 is 5.97 Å². The Morgan fingerprint density at radius 2 is 1.79 bits per heavy atom. The lowest BCUT2D eigenvalue weighted by Gasteiger charge is -2.38. The van der Waals surface area contributed by atoms with Crippen LogP contribution in [-0.4, -0.2) is 11.1 Å². The van der Waals surface area contributed by atoms with Gasteiger partial charge in [-0.2, -0.15) is 0 Å². The van der Waals surface area contributed by atoms with Crippen molar-refractivity contribution in [2.24, 2.45) is 5.92 Å². The highest BCUT2D eigenvalue weighted by atomic mass is 35.5. The average molecular weight is 410 g/mol. The molecule has 28 heavy (non-hydrogen) atoms. The minimum absolute atomic E-state index is 0.0651. The van der Waals surface area contributed by atoms with Gasteiger partial charge in [0.2, 0.25) is 0 Å².